The minimum Gasteiger partial charge on any atom is -0.483 e. The molecule has 3 aromatic carbocycles. The van der Waals surface area contributed by atoms with Gasteiger partial charge in [0.05, 0.1) is 4.92 Å². The fourth-order valence-electron chi connectivity index (χ4n) is 2.55. The van der Waals surface area contributed by atoms with Gasteiger partial charge < -0.3 is 4.74 Å². The second-order valence-electron chi connectivity index (χ2n) is 5.99. The number of hydrogen-bond donors (Lipinski definition) is 2. The molecule has 0 atom stereocenters. The first-order chi connectivity index (χ1) is 14.0. The highest BCUT2D eigenvalue weighted by molar-refractivity contribution is 5.93. The van der Waals surface area contributed by atoms with E-state index < -0.39 is 16.7 Å². The van der Waals surface area contributed by atoms with Crippen molar-refractivity contribution in [1.82, 2.24) is 10.9 Å². The number of hydrogen-bond acceptors (Lipinski definition) is 5. The first-order valence-corrected chi connectivity index (χ1v) is 8.65. The zero-order chi connectivity index (χ0) is 20.6. The van der Waals surface area contributed by atoms with Gasteiger partial charge >= 0.3 is 0 Å². The van der Waals surface area contributed by atoms with Crippen LogP contribution in [0, 0.1) is 10.1 Å². The van der Waals surface area contributed by atoms with Gasteiger partial charge in [-0.1, -0.05) is 36.4 Å². The van der Waals surface area contributed by atoms with Crippen molar-refractivity contribution in [2.45, 2.75) is 0 Å². The molecule has 0 fully saturated rings. The number of hydrazine groups is 1. The van der Waals surface area contributed by atoms with Gasteiger partial charge in [-0.15, -0.1) is 0 Å². The topological polar surface area (TPSA) is 111 Å². The van der Waals surface area contributed by atoms with Crippen molar-refractivity contribution in [2.24, 2.45) is 0 Å². The molecule has 0 aliphatic rings. The van der Waals surface area contributed by atoms with Crippen LogP contribution in [0.3, 0.4) is 0 Å². The van der Waals surface area contributed by atoms with Crippen molar-refractivity contribution in [3.05, 3.63) is 88.5 Å². The lowest BCUT2D eigenvalue weighted by molar-refractivity contribution is -0.384. The number of non-ortho nitro benzene ring substituents is 1. The quantitative estimate of drug-likeness (QED) is 0.381. The number of nitrogens with zero attached hydrogens (tertiary/aromatic N) is 1. The second-order valence-corrected chi connectivity index (χ2v) is 5.99. The van der Waals surface area contributed by atoms with E-state index in [0.29, 0.717) is 11.3 Å². The van der Waals surface area contributed by atoms with Crippen molar-refractivity contribution in [3.8, 4) is 5.75 Å². The summed E-state index contributed by atoms with van der Waals surface area (Å²) in [5.74, 6) is -0.500. The van der Waals surface area contributed by atoms with Gasteiger partial charge in [0.1, 0.15) is 5.75 Å². The fraction of sp³-hybridized carbons (Fsp3) is 0.0476. The number of nitro groups is 1. The number of amides is 2. The summed E-state index contributed by atoms with van der Waals surface area (Å²) in [5, 5.41) is 12.5. The lowest BCUT2D eigenvalue weighted by Gasteiger charge is -2.09. The highest BCUT2D eigenvalue weighted by Crippen LogP contribution is 2.24. The molecule has 0 unspecified atom stereocenters. The highest BCUT2D eigenvalue weighted by Gasteiger charge is 2.07. The Hall–Kier alpha value is -4.20. The molecule has 0 heterocycles. The van der Waals surface area contributed by atoms with E-state index in [1.165, 1.54) is 36.4 Å². The van der Waals surface area contributed by atoms with Crippen LogP contribution in [0.15, 0.2) is 72.8 Å². The zero-order valence-corrected chi connectivity index (χ0v) is 15.2. The van der Waals surface area contributed by atoms with Gasteiger partial charge in [0.2, 0.25) is 0 Å². The summed E-state index contributed by atoms with van der Waals surface area (Å²) in [6.45, 7) is -0.264. The van der Waals surface area contributed by atoms with E-state index in [4.69, 9.17) is 4.74 Å². The molecular formula is C21H17N3O5. The number of fused-ring (bicyclic) bond motifs is 1. The number of ether oxygens (including phenoxy) is 1. The van der Waals surface area contributed by atoms with Crippen LogP contribution in [0.1, 0.15) is 5.56 Å². The summed E-state index contributed by atoms with van der Waals surface area (Å²) < 4.78 is 5.54. The highest BCUT2D eigenvalue weighted by atomic mass is 16.6. The minimum absolute atomic E-state index is 0.0370. The Bertz CT molecular complexity index is 1070. The molecule has 29 heavy (non-hydrogen) atoms. The van der Waals surface area contributed by atoms with Gasteiger partial charge in [0.15, 0.2) is 6.61 Å². The maximum Gasteiger partial charge on any atom is 0.276 e. The third-order valence-corrected chi connectivity index (χ3v) is 3.96. The molecule has 3 rings (SSSR count). The van der Waals surface area contributed by atoms with E-state index in [9.17, 15) is 19.7 Å². The molecule has 0 spiro atoms. The molecule has 0 saturated heterocycles. The Morgan fingerprint density at radius 2 is 1.69 bits per heavy atom. The van der Waals surface area contributed by atoms with Crippen LogP contribution in [-0.2, 0) is 9.59 Å². The molecule has 146 valence electrons. The molecule has 0 radical (unpaired) electrons. The zero-order valence-electron chi connectivity index (χ0n) is 15.2. The molecule has 0 aliphatic carbocycles. The lowest BCUT2D eigenvalue weighted by atomic mass is 10.1. The summed E-state index contributed by atoms with van der Waals surface area (Å²) >= 11 is 0. The molecule has 0 aromatic heterocycles. The number of nitro benzene ring substituents is 1. The van der Waals surface area contributed by atoms with Crippen LogP contribution >= 0.6 is 0 Å². The van der Waals surface area contributed by atoms with Gasteiger partial charge in [-0.3, -0.25) is 30.6 Å². The Kier molecular flexibility index (Phi) is 6.16. The van der Waals surface area contributed by atoms with E-state index in [1.807, 2.05) is 36.4 Å². The first-order valence-electron chi connectivity index (χ1n) is 8.65. The first kappa shape index (κ1) is 19.6. The Balaban J connectivity index is 1.47. The number of nitrogens with one attached hydrogen (secondary N) is 2. The summed E-state index contributed by atoms with van der Waals surface area (Å²) in [6, 6.07) is 18.9. The van der Waals surface area contributed by atoms with Gasteiger partial charge in [0.25, 0.3) is 17.5 Å². The monoisotopic (exact) mass is 391 g/mol. The molecule has 0 saturated carbocycles. The van der Waals surface area contributed by atoms with Crippen molar-refractivity contribution >= 4 is 34.4 Å². The van der Waals surface area contributed by atoms with Crippen LogP contribution in [0.5, 0.6) is 5.75 Å². The molecule has 0 bridgehead atoms. The Labute approximate surface area is 165 Å². The SMILES string of the molecule is O=C(/C=C/c1ccc([N+](=O)[O-])cc1)NNC(=O)COc1cccc2ccccc12. The molecule has 8 nitrogen and oxygen atoms in total. The average Bonchev–Trinajstić information content (AvgIpc) is 2.75. The fourth-order valence-corrected chi connectivity index (χ4v) is 2.55. The predicted octanol–water partition coefficient (Wildman–Crippen LogP) is 2.99. The lowest BCUT2D eigenvalue weighted by Crippen LogP contribution is -2.43. The summed E-state index contributed by atoms with van der Waals surface area (Å²) in [4.78, 5) is 33.8. The third-order valence-electron chi connectivity index (χ3n) is 3.96. The van der Waals surface area contributed by atoms with Crippen LogP contribution in [0.4, 0.5) is 5.69 Å². The maximum atomic E-state index is 11.9. The van der Waals surface area contributed by atoms with Crippen LogP contribution in [0.2, 0.25) is 0 Å². The molecular weight excluding hydrogens is 374 g/mol. The number of rotatable bonds is 6. The van der Waals surface area contributed by atoms with Crippen molar-refractivity contribution in [3.63, 3.8) is 0 Å². The molecule has 0 aliphatic heterocycles. The smallest absolute Gasteiger partial charge is 0.276 e. The molecule has 3 aromatic rings. The van der Waals surface area contributed by atoms with E-state index in [0.717, 1.165) is 10.8 Å². The van der Waals surface area contributed by atoms with Crippen molar-refractivity contribution in [2.75, 3.05) is 6.61 Å². The average molecular weight is 391 g/mol. The van der Waals surface area contributed by atoms with E-state index in [1.54, 1.807) is 6.07 Å². The van der Waals surface area contributed by atoms with E-state index in [2.05, 4.69) is 10.9 Å². The summed E-state index contributed by atoms with van der Waals surface area (Å²) in [7, 11) is 0. The number of carbonyl (C=O) groups is 2. The van der Waals surface area contributed by atoms with Crippen LogP contribution in [-0.4, -0.2) is 23.3 Å². The van der Waals surface area contributed by atoms with Gasteiger partial charge in [-0.2, -0.15) is 0 Å². The Morgan fingerprint density at radius 1 is 0.966 bits per heavy atom. The van der Waals surface area contributed by atoms with E-state index in [-0.39, 0.29) is 12.3 Å². The van der Waals surface area contributed by atoms with Crippen LogP contribution < -0.4 is 15.6 Å². The third kappa shape index (κ3) is 5.39. The standard InChI is InChI=1S/C21H17N3O5/c25-20(13-10-15-8-11-17(12-9-15)24(27)28)22-23-21(26)14-29-19-7-3-5-16-4-1-2-6-18(16)19/h1-13H,14H2,(H,22,25)(H,23,26)/b13-10+. The van der Waals surface area contributed by atoms with Crippen LogP contribution in [0.25, 0.3) is 16.8 Å². The maximum absolute atomic E-state index is 11.9. The summed E-state index contributed by atoms with van der Waals surface area (Å²) in [5.41, 5.74) is 5.07. The molecule has 2 amide bonds. The normalized spacial score (nSPS) is 10.6. The largest absolute Gasteiger partial charge is 0.483 e. The predicted molar refractivity (Wildman–Crippen MR) is 108 cm³/mol. The van der Waals surface area contributed by atoms with Gasteiger partial charge in [-0.25, -0.2) is 0 Å². The molecule has 2 N–H and O–H groups in total. The van der Waals surface area contributed by atoms with E-state index >= 15 is 0 Å². The van der Waals surface area contributed by atoms with Crippen molar-refractivity contribution < 1.29 is 19.2 Å². The minimum atomic E-state index is -0.554. The Morgan fingerprint density at radius 3 is 2.45 bits per heavy atom. The van der Waals surface area contributed by atoms with Gasteiger partial charge in [-0.05, 0) is 35.2 Å². The summed E-state index contributed by atoms with van der Waals surface area (Å²) in [6.07, 6.45) is 2.67. The second kappa shape index (κ2) is 9.14. The number of benzene rings is 3. The number of carbonyl (C=O) groups excluding carboxylic acids is 2. The molecule has 8 heteroatoms. The van der Waals surface area contributed by atoms with Crippen molar-refractivity contribution in [1.29, 1.82) is 0 Å². The van der Waals surface area contributed by atoms with Gasteiger partial charge in [0, 0.05) is 23.6 Å².